The number of amides is 1. The molecule has 0 saturated heterocycles. The third-order valence-electron chi connectivity index (χ3n) is 5.74. The van der Waals surface area contributed by atoms with Crippen molar-refractivity contribution in [2.75, 3.05) is 18.7 Å². The van der Waals surface area contributed by atoms with E-state index in [9.17, 15) is 14.9 Å². The summed E-state index contributed by atoms with van der Waals surface area (Å²) in [5, 5.41) is 16.1. The number of thioether (sulfide) groups is 1. The lowest BCUT2D eigenvalue weighted by Crippen LogP contribution is -2.45. The van der Waals surface area contributed by atoms with Crippen LogP contribution in [0, 0.1) is 11.3 Å². The zero-order valence-electron chi connectivity index (χ0n) is 19.3. The lowest BCUT2D eigenvalue weighted by Gasteiger charge is -2.24. The van der Waals surface area contributed by atoms with E-state index in [-0.39, 0.29) is 12.8 Å². The van der Waals surface area contributed by atoms with Gasteiger partial charge in [-0.2, -0.15) is 5.26 Å². The van der Waals surface area contributed by atoms with Gasteiger partial charge in [0.15, 0.2) is 0 Å². The van der Waals surface area contributed by atoms with Gasteiger partial charge in [-0.3, -0.25) is 9.59 Å². The minimum atomic E-state index is -1.56. The molecule has 1 atom stereocenters. The first kappa shape index (κ1) is 24.0. The Balaban J connectivity index is 1.55. The summed E-state index contributed by atoms with van der Waals surface area (Å²) in [5.41, 5.74) is 2.73. The first-order valence-corrected chi connectivity index (χ1v) is 12.1. The molecule has 1 amide bonds. The molecule has 0 spiro atoms. The number of rotatable bonds is 7. The predicted octanol–water partition coefficient (Wildman–Crippen LogP) is 5.01. The van der Waals surface area contributed by atoms with Gasteiger partial charge in [0.05, 0.1) is 30.9 Å². The second-order valence-corrected chi connectivity index (χ2v) is 8.83. The maximum Gasteiger partial charge on any atom is 0.310 e. The molecule has 3 aromatic carbocycles. The molecule has 0 fully saturated rings. The van der Waals surface area contributed by atoms with Crippen molar-refractivity contribution >= 4 is 35.0 Å². The molecule has 1 aliphatic rings. The highest BCUT2D eigenvalue weighted by atomic mass is 32.2. The van der Waals surface area contributed by atoms with Crippen LogP contribution in [-0.2, 0) is 19.2 Å². The number of ether oxygens (including phenoxy) is 1. The molecule has 0 bridgehead atoms. The number of hydrogen-bond donors (Lipinski definition) is 1. The molecule has 176 valence electrons. The number of benzene rings is 3. The van der Waals surface area contributed by atoms with E-state index >= 15 is 0 Å². The Labute approximate surface area is 207 Å². The molecule has 3 aromatic rings. The second-order valence-electron chi connectivity index (χ2n) is 7.98. The van der Waals surface area contributed by atoms with Crippen LogP contribution in [0.15, 0.2) is 82.8 Å². The molecule has 0 aliphatic carbocycles. The van der Waals surface area contributed by atoms with Crippen LogP contribution in [0.25, 0.3) is 11.1 Å². The number of hydrogen-bond acceptors (Lipinski definition) is 7. The number of nitrogens with zero attached hydrogens (tertiary/aromatic N) is 2. The number of nitriles is 1. The number of oxime groups is 1. The van der Waals surface area contributed by atoms with Crippen molar-refractivity contribution in [1.29, 1.82) is 5.26 Å². The lowest BCUT2D eigenvalue weighted by atomic mass is 9.89. The van der Waals surface area contributed by atoms with Crippen molar-refractivity contribution in [2.24, 2.45) is 5.16 Å². The fourth-order valence-electron chi connectivity index (χ4n) is 3.86. The molecular weight excluding hydrogens is 462 g/mol. The summed E-state index contributed by atoms with van der Waals surface area (Å²) in [5.74, 6) is -1.10. The Kier molecular flexibility index (Phi) is 7.18. The van der Waals surface area contributed by atoms with E-state index in [0.29, 0.717) is 22.5 Å². The summed E-state index contributed by atoms with van der Waals surface area (Å²) in [4.78, 5) is 32.3. The van der Waals surface area contributed by atoms with Crippen LogP contribution in [0.1, 0.15) is 24.0 Å². The molecule has 8 heteroatoms. The summed E-state index contributed by atoms with van der Waals surface area (Å²) in [6, 6.07) is 24.5. The molecular formula is C27H23N3O4S. The first-order chi connectivity index (χ1) is 17.0. The number of anilines is 1. The smallest absolute Gasteiger partial charge is 0.310 e. The molecule has 1 aliphatic heterocycles. The third kappa shape index (κ3) is 5.20. The molecule has 35 heavy (non-hydrogen) atoms. The van der Waals surface area contributed by atoms with Gasteiger partial charge in [-0.25, -0.2) is 0 Å². The van der Waals surface area contributed by atoms with Gasteiger partial charge in [0, 0.05) is 22.6 Å². The molecule has 0 radical (unpaired) electrons. The maximum atomic E-state index is 13.4. The highest BCUT2D eigenvalue weighted by Crippen LogP contribution is 2.34. The van der Waals surface area contributed by atoms with Gasteiger partial charge < -0.3 is 14.9 Å². The third-order valence-corrected chi connectivity index (χ3v) is 6.54. The predicted molar refractivity (Wildman–Crippen MR) is 135 cm³/mol. The Morgan fingerprint density at radius 3 is 2.60 bits per heavy atom. The molecule has 1 unspecified atom stereocenters. The van der Waals surface area contributed by atoms with Crippen molar-refractivity contribution in [3.8, 4) is 17.2 Å². The summed E-state index contributed by atoms with van der Waals surface area (Å²) >= 11 is 1.67. The Morgan fingerprint density at radius 1 is 1.11 bits per heavy atom. The highest BCUT2D eigenvalue weighted by molar-refractivity contribution is 7.98. The molecule has 7 nitrogen and oxygen atoms in total. The minimum absolute atomic E-state index is 0.0575. The average molecular weight is 486 g/mol. The summed E-state index contributed by atoms with van der Waals surface area (Å²) in [6.07, 6.45) is 1.78. The second kappa shape index (κ2) is 10.5. The fourth-order valence-corrected chi connectivity index (χ4v) is 4.48. The fraction of sp³-hybridized carbons (Fsp3) is 0.185. The van der Waals surface area contributed by atoms with E-state index in [1.54, 1.807) is 36.0 Å². The van der Waals surface area contributed by atoms with Crippen LogP contribution in [0.2, 0.25) is 0 Å². The van der Waals surface area contributed by atoms with Crippen LogP contribution in [0.3, 0.4) is 0 Å². The van der Waals surface area contributed by atoms with Gasteiger partial charge in [-0.05, 0) is 47.7 Å². The van der Waals surface area contributed by atoms with Crippen molar-refractivity contribution in [3.63, 3.8) is 0 Å². The lowest BCUT2D eigenvalue weighted by molar-refractivity contribution is -0.155. The largest absolute Gasteiger partial charge is 0.469 e. The normalized spacial score (nSPS) is 16.5. The van der Waals surface area contributed by atoms with E-state index in [4.69, 9.17) is 9.57 Å². The number of esters is 1. The molecule has 4 rings (SSSR count). The quantitative estimate of drug-likeness (QED) is 0.373. The number of methoxy groups -OCH3 is 1. The Morgan fingerprint density at radius 2 is 1.89 bits per heavy atom. The van der Waals surface area contributed by atoms with Crippen LogP contribution in [-0.4, -0.2) is 36.6 Å². The zero-order chi connectivity index (χ0) is 24.8. The van der Waals surface area contributed by atoms with Crippen molar-refractivity contribution in [3.05, 3.63) is 83.9 Å². The van der Waals surface area contributed by atoms with Crippen molar-refractivity contribution in [2.45, 2.75) is 23.3 Å². The van der Waals surface area contributed by atoms with Crippen LogP contribution < -0.4 is 5.32 Å². The minimum Gasteiger partial charge on any atom is -0.469 e. The molecule has 1 heterocycles. The number of carbonyl (C=O) groups is 2. The van der Waals surface area contributed by atoms with Crippen molar-refractivity contribution < 1.29 is 19.2 Å². The van der Waals surface area contributed by atoms with E-state index in [0.717, 1.165) is 16.0 Å². The van der Waals surface area contributed by atoms with Crippen LogP contribution >= 0.6 is 11.8 Å². The van der Waals surface area contributed by atoms with Gasteiger partial charge in [0.25, 0.3) is 5.91 Å². The summed E-state index contributed by atoms with van der Waals surface area (Å²) in [7, 11) is 1.26. The molecule has 0 aromatic heterocycles. The van der Waals surface area contributed by atoms with Gasteiger partial charge in [-0.1, -0.05) is 47.6 Å². The van der Waals surface area contributed by atoms with Gasteiger partial charge in [0.2, 0.25) is 5.60 Å². The molecule has 0 saturated carbocycles. The number of carbonyl (C=O) groups excluding carboxylic acids is 2. The van der Waals surface area contributed by atoms with Gasteiger partial charge in [-0.15, -0.1) is 11.8 Å². The van der Waals surface area contributed by atoms with E-state index in [2.05, 4.69) is 28.7 Å². The average Bonchev–Trinajstić information content (AvgIpc) is 3.34. The summed E-state index contributed by atoms with van der Waals surface area (Å²) < 4.78 is 4.81. The Hall–Kier alpha value is -4.09. The zero-order valence-corrected chi connectivity index (χ0v) is 20.1. The summed E-state index contributed by atoms with van der Waals surface area (Å²) in [6.45, 7) is 0. The van der Waals surface area contributed by atoms with Crippen LogP contribution in [0.4, 0.5) is 5.69 Å². The monoisotopic (exact) mass is 485 g/mol. The molecule has 1 N–H and O–H groups in total. The van der Waals surface area contributed by atoms with Gasteiger partial charge >= 0.3 is 5.97 Å². The van der Waals surface area contributed by atoms with E-state index < -0.39 is 17.5 Å². The van der Waals surface area contributed by atoms with E-state index in [1.165, 1.54) is 7.11 Å². The van der Waals surface area contributed by atoms with Gasteiger partial charge in [0.1, 0.15) is 0 Å². The SMILES string of the molecule is COC(=O)CC1(C(=O)Nc2ccc(-c3ccccc3SC)cc2)CC(c2cccc(C#N)c2)=NO1. The standard InChI is InChI=1S/C27H23N3O4S/c1-33-25(31)16-27(15-23(30-34-27)20-7-5-6-18(14-20)17-28)26(32)29-21-12-10-19(11-13-21)22-8-3-4-9-24(22)35-2/h3-14H,15-16H2,1-2H3,(H,29,32). The van der Waals surface area contributed by atoms with Crippen LogP contribution in [0.5, 0.6) is 0 Å². The van der Waals surface area contributed by atoms with E-state index in [1.807, 2.05) is 42.7 Å². The maximum absolute atomic E-state index is 13.4. The highest BCUT2D eigenvalue weighted by Gasteiger charge is 2.49. The number of nitrogens with one attached hydrogen (secondary N) is 1. The Bertz CT molecular complexity index is 1330. The topological polar surface area (TPSA) is 101 Å². The first-order valence-electron chi connectivity index (χ1n) is 10.9. The van der Waals surface area contributed by atoms with Crippen molar-refractivity contribution in [1.82, 2.24) is 0 Å².